The van der Waals surface area contributed by atoms with Crippen molar-refractivity contribution in [2.45, 2.75) is 0 Å². The number of hydrogen-bond donors (Lipinski definition) is 1. The molecule has 4 heteroatoms. The van der Waals surface area contributed by atoms with Crippen LogP contribution in [-0.2, 0) is 0 Å². The number of rotatable bonds is 2. The summed E-state index contributed by atoms with van der Waals surface area (Å²) < 4.78 is 11.1. The largest absolute Gasteiger partial charge is 0.486 e. The van der Waals surface area contributed by atoms with E-state index in [0.717, 1.165) is 28.6 Å². The van der Waals surface area contributed by atoms with Gasteiger partial charge >= 0.3 is 0 Å². The van der Waals surface area contributed by atoms with E-state index < -0.39 is 0 Å². The molecule has 92 valence electrons. The summed E-state index contributed by atoms with van der Waals surface area (Å²) in [6, 6.07) is 11.8. The zero-order valence-corrected chi connectivity index (χ0v) is 10.1. The first-order valence-corrected chi connectivity index (χ1v) is 5.91. The summed E-state index contributed by atoms with van der Waals surface area (Å²) in [6.45, 7) is 1.21. The van der Waals surface area contributed by atoms with Gasteiger partial charge < -0.3 is 14.8 Å². The van der Waals surface area contributed by atoms with E-state index in [0.29, 0.717) is 13.2 Å². The second kappa shape index (κ2) is 4.56. The molecule has 1 aromatic carbocycles. The average Bonchev–Trinajstić information content (AvgIpc) is 2.47. The number of fused-ring (bicyclic) bond motifs is 1. The Hall–Kier alpha value is -2.23. The summed E-state index contributed by atoms with van der Waals surface area (Å²) in [5.41, 5.74) is 1.94. The molecule has 1 N–H and O–H groups in total. The van der Waals surface area contributed by atoms with Crippen LogP contribution in [0.25, 0.3) is 11.3 Å². The molecule has 3 rings (SSSR count). The molecular weight excluding hydrogens is 228 g/mol. The third-order valence-corrected chi connectivity index (χ3v) is 2.84. The zero-order valence-electron chi connectivity index (χ0n) is 10.1. The summed E-state index contributed by atoms with van der Waals surface area (Å²) in [5.74, 6) is 2.44. The Bertz CT molecular complexity index is 569. The molecule has 0 spiro atoms. The van der Waals surface area contributed by atoms with Gasteiger partial charge in [0.15, 0.2) is 11.5 Å². The maximum absolute atomic E-state index is 5.57. The fourth-order valence-corrected chi connectivity index (χ4v) is 1.94. The molecule has 1 aliphatic rings. The van der Waals surface area contributed by atoms with Crippen LogP contribution in [0.1, 0.15) is 0 Å². The summed E-state index contributed by atoms with van der Waals surface area (Å²) in [7, 11) is 1.86. The molecule has 1 aliphatic heterocycles. The van der Waals surface area contributed by atoms with E-state index >= 15 is 0 Å². The minimum Gasteiger partial charge on any atom is -0.486 e. The highest BCUT2D eigenvalue weighted by Gasteiger charge is 2.12. The van der Waals surface area contributed by atoms with Gasteiger partial charge in [0.25, 0.3) is 0 Å². The number of ether oxygens (including phenoxy) is 2. The lowest BCUT2D eigenvalue weighted by Gasteiger charge is -2.18. The molecule has 0 amide bonds. The van der Waals surface area contributed by atoms with Crippen LogP contribution in [-0.4, -0.2) is 25.2 Å². The second-order valence-corrected chi connectivity index (χ2v) is 4.02. The van der Waals surface area contributed by atoms with Crippen LogP contribution >= 0.6 is 0 Å². The van der Waals surface area contributed by atoms with Crippen molar-refractivity contribution in [3.8, 4) is 22.8 Å². The van der Waals surface area contributed by atoms with Gasteiger partial charge in [-0.25, -0.2) is 4.98 Å². The monoisotopic (exact) mass is 242 g/mol. The van der Waals surface area contributed by atoms with Gasteiger partial charge in [-0.2, -0.15) is 0 Å². The molecule has 0 unspecified atom stereocenters. The third-order valence-electron chi connectivity index (χ3n) is 2.84. The van der Waals surface area contributed by atoms with Crippen LogP contribution in [0.15, 0.2) is 36.4 Å². The fourth-order valence-electron chi connectivity index (χ4n) is 1.94. The molecule has 0 aliphatic carbocycles. The Morgan fingerprint density at radius 2 is 1.89 bits per heavy atom. The zero-order chi connectivity index (χ0) is 12.4. The van der Waals surface area contributed by atoms with Gasteiger partial charge in [-0.3, -0.25) is 0 Å². The second-order valence-electron chi connectivity index (χ2n) is 4.02. The van der Waals surface area contributed by atoms with Crippen molar-refractivity contribution >= 4 is 5.82 Å². The SMILES string of the molecule is CNc1cccc(-c2ccc3c(c2)OCCO3)n1. The molecule has 0 radical (unpaired) electrons. The lowest BCUT2D eigenvalue weighted by molar-refractivity contribution is 0.171. The summed E-state index contributed by atoms with van der Waals surface area (Å²) >= 11 is 0. The Morgan fingerprint density at radius 3 is 2.72 bits per heavy atom. The number of nitrogens with zero attached hydrogens (tertiary/aromatic N) is 1. The number of nitrogens with one attached hydrogen (secondary N) is 1. The fraction of sp³-hybridized carbons (Fsp3) is 0.214. The average molecular weight is 242 g/mol. The highest BCUT2D eigenvalue weighted by molar-refractivity contribution is 5.65. The first-order chi connectivity index (χ1) is 8.86. The predicted octanol–water partition coefficient (Wildman–Crippen LogP) is 2.56. The van der Waals surface area contributed by atoms with Crippen LogP contribution in [0.3, 0.4) is 0 Å². The number of pyridine rings is 1. The highest BCUT2D eigenvalue weighted by atomic mass is 16.6. The van der Waals surface area contributed by atoms with Crippen molar-refractivity contribution < 1.29 is 9.47 Å². The van der Waals surface area contributed by atoms with Gasteiger partial charge in [0.05, 0.1) is 5.69 Å². The van der Waals surface area contributed by atoms with Gasteiger partial charge in [-0.1, -0.05) is 6.07 Å². The van der Waals surface area contributed by atoms with Crippen LogP contribution in [0.5, 0.6) is 11.5 Å². The number of anilines is 1. The Kier molecular flexibility index (Phi) is 2.76. The van der Waals surface area contributed by atoms with Crippen molar-refractivity contribution in [3.63, 3.8) is 0 Å². The summed E-state index contributed by atoms with van der Waals surface area (Å²) in [6.07, 6.45) is 0. The molecule has 18 heavy (non-hydrogen) atoms. The Labute approximate surface area is 106 Å². The smallest absolute Gasteiger partial charge is 0.162 e. The van der Waals surface area contributed by atoms with Gasteiger partial charge in [0.1, 0.15) is 19.0 Å². The van der Waals surface area contributed by atoms with Crippen LogP contribution in [0.2, 0.25) is 0 Å². The summed E-state index contributed by atoms with van der Waals surface area (Å²) in [5, 5.41) is 3.03. The minimum atomic E-state index is 0.598. The molecule has 0 saturated heterocycles. The predicted molar refractivity (Wildman–Crippen MR) is 70.2 cm³/mol. The van der Waals surface area contributed by atoms with E-state index in [2.05, 4.69) is 10.3 Å². The highest BCUT2D eigenvalue weighted by Crippen LogP contribution is 2.34. The van der Waals surface area contributed by atoms with Crippen LogP contribution < -0.4 is 14.8 Å². The molecule has 1 aromatic heterocycles. The molecule has 2 aromatic rings. The van der Waals surface area contributed by atoms with Crippen molar-refractivity contribution in [1.29, 1.82) is 0 Å². The quantitative estimate of drug-likeness (QED) is 0.879. The molecule has 2 heterocycles. The molecule has 4 nitrogen and oxygen atoms in total. The van der Waals surface area contributed by atoms with E-state index in [9.17, 15) is 0 Å². The standard InChI is InChI=1S/C14H14N2O2/c1-15-14-4-2-3-11(16-14)10-5-6-12-13(9-10)18-8-7-17-12/h2-6,9H,7-8H2,1H3,(H,15,16). The topological polar surface area (TPSA) is 43.4 Å². The lowest BCUT2D eigenvalue weighted by Crippen LogP contribution is -2.15. The molecule has 0 bridgehead atoms. The Balaban J connectivity index is 2.00. The van der Waals surface area contributed by atoms with E-state index in [1.807, 2.05) is 43.4 Å². The van der Waals surface area contributed by atoms with Gasteiger partial charge in [-0.15, -0.1) is 0 Å². The number of aromatic nitrogens is 1. The Morgan fingerprint density at radius 1 is 1.06 bits per heavy atom. The molecule has 0 fully saturated rings. The van der Waals surface area contributed by atoms with E-state index in [1.54, 1.807) is 0 Å². The number of hydrogen-bond acceptors (Lipinski definition) is 4. The van der Waals surface area contributed by atoms with E-state index in [4.69, 9.17) is 9.47 Å². The van der Waals surface area contributed by atoms with Crippen molar-refractivity contribution in [2.24, 2.45) is 0 Å². The maximum Gasteiger partial charge on any atom is 0.162 e. The van der Waals surface area contributed by atoms with Crippen molar-refractivity contribution in [3.05, 3.63) is 36.4 Å². The molecule has 0 saturated carbocycles. The minimum absolute atomic E-state index is 0.598. The molecule has 0 atom stereocenters. The van der Waals surface area contributed by atoms with Gasteiger partial charge in [-0.05, 0) is 30.3 Å². The molecular formula is C14H14N2O2. The third kappa shape index (κ3) is 1.97. The maximum atomic E-state index is 5.57. The van der Waals surface area contributed by atoms with Gasteiger partial charge in [0.2, 0.25) is 0 Å². The van der Waals surface area contributed by atoms with Crippen molar-refractivity contribution in [2.75, 3.05) is 25.6 Å². The lowest BCUT2D eigenvalue weighted by atomic mass is 10.1. The first-order valence-electron chi connectivity index (χ1n) is 5.91. The number of benzene rings is 1. The first kappa shape index (κ1) is 10.9. The van der Waals surface area contributed by atoms with Crippen LogP contribution in [0.4, 0.5) is 5.82 Å². The van der Waals surface area contributed by atoms with Crippen molar-refractivity contribution in [1.82, 2.24) is 4.98 Å². The summed E-state index contributed by atoms with van der Waals surface area (Å²) in [4.78, 5) is 4.50. The van der Waals surface area contributed by atoms with E-state index in [-0.39, 0.29) is 0 Å². The van der Waals surface area contributed by atoms with E-state index in [1.165, 1.54) is 0 Å². The van der Waals surface area contributed by atoms with Crippen LogP contribution in [0, 0.1) is 0 Å². The normalized spacial score (nSPS) is 13.2. The van der Waals surface area contributed by atoms with Gasteiger partial charge in [0, 0.05) is 12.6 Å².